The first kappa shape index (κ1) is 14.8. The second-order valence-corrected chi connectivity index (χ2v) is 7.43. The minimum absolute atomic E-state index is 0.0340. The Morgan fingerprint density at radius 1 is 1.25 bits per heavy atom. The van der Waals surface area contributed by atoms with Gasteiger partial charge in [-0.25, -0.2) is 13.6 Å². The molecule has 0 fully saturated rings. The topological polar surface area (TPSA) is 98.2 Å². The van der Waals surface area contributed by atoms with E-state index in [1.165, 1.54) is 10.9 Å². The SMILES string of the molecule is Cc1ccc(C(C)Nc2cccc(S(N)(=O)=O)c2N)s1. The Morgan fingerprint density at radius 2 is 1.95 bits per heavy atom. The van der Waals surface area contributed by atoms with E-state index in [-0.39, 0.29) is 16.6 Å². The summed E-state index contributed by atoms with van der Waals surface area (Å²) >= 11 is 1.68. The third-order valence-electron chi connectivity index (χ3n) is 2.93. The average Bonchev–Trinajstić information content (AvgIpc) is 2.77. The zero-order valence-electron chi connectivity index (χ0n) is 11.3. The van der Waals surface area contributed by atoms with Crippen LogP contribution in [0.4, 0.5) is 11.4 Å². The first-order chi connectivity index (χ1) is 9.29. The maximum atomic E-state index is 11.4. The van der Waals surface area contributed by atoms with Gasteiger partial charge in [0.05, 0.1) is 17.4 Å². The van der Waals surface area contributed by atoms with E-state index in [2.05, 4.69) is 5.32 Å². The Balaban J connectivity index is 2.31. The number of sulfonamides is 1. The number of rotatable bonds is 4. The molecule has 1 unspecified atom stereocenters. The van der Waals surface area contributed by atoms with Gasteiger partial charge in [-0.3, -0.25) is 0 Å². The standard InChI is InChI=1S/C13H17N3O2S2/c1-8-6-7-11(19-8)9(2)16-10-4-3-5-12(13(10)14)20(15,17)18/h3-7,9,16H,14H2,1-2H3,(H2,15,17,18). The van der Waals surface area contributed by atoms with Crippen molar-refractivity contribution in [1.82, 2.24) is 0 Å². The van der Waals surface area contributed by atoms with Crippen LogP contribution in [-0.2, 0) is 10.0 Å². The van der Waals surface area contributed by atoms with Gasteiger partial charge in [0.1, 0.15) is 4.90 Å². The molecule has 1 aromatic carbocycles. The van der Waals surface area contributed by atoms with Crippen LogP contribution in [0.15, 0.2) is 35.2 Å². The van der Waals surface area contributed by atoms with Crippen LogP contribution in [0.2, 0.25) is 0 Å². The summed E-state index contributed by atoms with van der Waals surface area (Å²) in [7, 11) is -3.81. The molecule has 0 radical (unpaired) electrons. The summed E-state index contributed by atoms with van der Waals surface area (Å²) in [5, 5.41) is 8.36. The fourth-order valence-electron chi connectivity index (χ4n) is 1.91. The Kier molecular flexibility index (Phi) is 4.03. The van der Waals surface area contributed by atoms with Crippen molar-refractivity contribution >= 4 is 32.7 Å². The molecule has 5 nitrogen and oxygen atoms in total. The first-order valence-corrected chi connectivity index (χ1v) is 8.39. The molecule has 1 atom stereocenters. The largest absolute Gasteiger partial charge is 0.396 e. The highest BCUT2D eigenvalue weighted by Crippen LogP contribution is 2.31. The molecule has 0 aliphatic heterocycles. The van der Waals surface area contributed by atoms with Crippen LogP contribution in [0.5, 0.6) is 0 Å². The highest BCUT2D eigenvalue weighted by molar-refractivity contribution is 7.89. The first-order valence-electron chi connectivity index (χ1n) is 6.03. The summed E-state index contributed by atoms with van der Waals surface area (Å²) in [6, 6.07) is 8.87. The van der Waals surface area contributed by atoms with Gasteiger partial charge in [-0.2, -0.15) is 0 Å². The summed E-state index contributed by atoms with van der Waals surface area (Å²) in [5.41, 5.74) is 6.60. The van der Waals surface area contributed by atoms with Gasteiger partial charge in [-0.05, 0) is 38.1 Å². The lowest BCUT2D eigenvalue weighted by Gasteiger charge is -2.17. The van der Waals surface area contributed by atoms with Gasteiger partial charge in [-0.15, -0.1) is 11.3 Å². The summed E-state index contributed by atoms with van der Waals surface area (Å²) < 4.78 is 22.9. The molecule has 0 aliphatic rings. The van der Waals surface area contributed by atoms with Crippen molar-refractivity contribution in [2.45, 2.75) is 24.8 Å². The molecule has 0 amide bonds. The number of primary sulfonamides is 1. The van der Waals surface area contributed by atoms with E-state index in [0.717, 1.165) is 4.88 Å². The fraction of sp³-hybridized carbons (Fsp3) is 0.231. The van der Waals surface area contributed by atoms with Crippen molar-refractivity contribution in [2.24, 2.45) is 5.14 Å². The van der Waals surface area contributed by atoms with Crippen molar-refractivity contribution in [3.05, 3.63) is 40.1 Å². The number of hydrogen-bond donors (Lipinski definition) is 3. The molecule has 108 valence electrons. The molecule has 5 N–H and O–H groups in total. The third kappa shape index (κ3) is 3.12. The number of para-hydroxylation sites is 1. The molecule has 7 heteroatoms. The monoisotopic (exact) mass is 311 g/mol. The van der Waals surface area contributed by atoms with Crippen LogP contribution in [0, 0.1) is 6.92 Å². The number of anilines is 2. The van der Waals surface area contributed by atoms with E-state index in [9.17, 15) is 8.42 Å². The van der Waals surface area contributed by atoms with Crippen LogP contribution in [0.3, 0.4) is 0 Å². The second kappa shape index (κ2) is 5.43. The molecule has 2 rings (SSSR count). The van der Waals surface area contributed by atoms with Crippen LogP contribution < -0.4 is 16.2 Å². The van der Waals surface area contributed by atoms with E-state index in [1.807, 2.05) is 26.0 Å². The Bertz CT molecular complexity index is 723. The van der Waals surface area contributed by atoms with Crippen molar-refractivity contribution < 1.29 is 8.42 Å². The van der Waals surface area contributed by atoms with Crippen molar-refractivity contribution in [3.8, 4) is 0 Å². The Morgan fingerprint density at radius 3 is 2.50 bits per heavy atom. The minimum Gasteiger partial charge on any atom is -0.396 e. The minimum atomic E-state index is -3.81. The summed E-state index contributed by atoms with van der Waals surface area (Å²) in [6.45, 7) is 4.03. The molecular weight excluding hydrogens is 294 g/mol. The molecule has 0 spiro atoms. The van der Waals surface area contributed by atoms with Gasteiger partial charge in [0.15, 0.2) is 0 Å². The highest BCUT2D eigenvalue weighted by atomic mass is 32.2. The van der Waals surface area contributed by atoms with E-state index in [4.69, 9.17) is 10.9 Å². The number of hydrogen-bond acceptors (Lipinski definition) is 5. The van der Waals surface area contributed by atoms with Crippen LogP contribution >= 0.6 is 11.3 Å². The molecule has 20 heavy (non-hydrogen) atoms. The van der Waals surface area contributed by atoms with Gasteiger partial charge < -0.3 is 11.1 Å². The zero-order chi connectivity index (χ0) is 14.9. The number of benzene rings is 1. The molecule has 0 bridgehead atoms. The zero-order valence-corrected chi connectivity index (χ0v) is 12.9. The fourth-order valence-corrected chi connectivity index (χ4v) is 3.47. The quantitative estimate of drug-likeness (QED) is 0.755. The van der Waals surface area contributed by atoms with Gasteiger partial charge in [-0.1, -0.05) is 6.07 Å². The predicted octanol–water partition coefficient (Wildman–Crippen LogP) is 2.46. The second-order valence-electron chi connectivity index (χ2n) is 4.58. The molecule has 1 heterocycles. The molecule has 1 aromatic heterocycles. The molecule has 0 saturated heterocycles. The molecule has 2 aromatic rings. The predicted molar refractivity (Wildman–Crippen MR) is 83.3 cm³/mol. The number of thiophene rings is 1. The van der Waals surface area contributed by atoms with Gasteiger partial charge >= 0.3 is 0 Å². The van der Waals surface area contributed by atoms with Crippen molar-refractivity contribution in [3.63, 3.8) is 0 Å². The van der Waals surface area contributed by atoms with Gasteiger partial charge in [0.2, 0.25) is 10.0 Å². The van der Waals surface area contributed by atoms with E-state index < -0.39 is 10.0 Å². The van der Waals surface area contributed by atoms with Crippen molar-refractivity contribution in [2.75, 3.05) is 11.1 Å². The van der Waals surface area contributed by atoms with E-state index in [0.29, 0.717) is 5.69 Å². The number of nitrogen functional groups attached to an aromatic ring is 1. The summed E-state index contributed by atoms with van der Waals surface area (Å²) in [6.07, 6.45) is 0. The Hall–Kier alpha value is -1.57. The van der Waals surface area contributed by atoms with E-state index >= 15 is 0 Å². The third-order valence-corrected chi connectivity index (χ3v) is 5.09. The van der Waals surface area contributed by atoms with Gasteiger partial charge in [0.25, 0.3) is 0 Å². The van der Waals surface area contributed by atoms with E-state index in [1.54, 1.807) is 23.5 Å². The van der Waals surface area contributed by atoms with Crippen LogP contribution in [-0.4, -0.2) is 8.42 Å². The number of nitrogens with one attached hydrogen (secondary N) is 1. The van der Waals surface area contributed by atoms with Crippen LogP contribution in [0.1, 0.15) is 22.7 Å². The van der Waals surface area contributed by atoms with Crippen LogP contribution in [0.25, 0.3) is 0 Å². The normalized spacial score (nSPS) is 13.2. The summed E-state index contributed by atoms with van der Waals surface area (Å²) in [5.74, 6) is 0. The number of nitrogens with two attached hydrogens (primary N) is 2. The average molecular weight is 311 g/mol. The molecule has 0 aliphatic carbocycles. The smallest absolute Gasteiger partial charge is 0.240 e. The lowest BCUT2D eigenvalue weighted by Crippen LogP contribution is -2.16. The highest BCUT2D eigenvalue weighted by Gasteiger charge is 2.16. The maximum absolute atomic E-state index is 11.4. The number of aryl methyl sites for hydroxylation is 1. The summed E-state index contributed by atoms with van der Waals surface area (Å²) in [4.78, 5) is 2.32. The Labute approximate surface area is 122 Å². The molecular formula is C13H17N3O2S2. The maximum Gasteiger partial charge on any atom is 0.240 e. The lowest BCUT2D eigenvalue weighted by molar-refractivity contribution is 0.598. The lowest BCUT2D eigenvalue weighted by atomic mass is 10.2. The van der Waals surface area contributed by atoms with Gasteiger partial charge in [0, 0.05) is 9.75 Å². The van der Waals surface area contributed by atoms with Crippen molar-refractivity contribution in [1.29, 1.82) is 0 Å². The molecule has 0 saturated carbocycles.